The van der Waals surface area contributed by atoms with Crippen molar-refractivity contribution in [3.05, 3.63) is 59.2 Å². The van der Waals surface area contributed by atoms with Crippen LogP contribution in [0.15, 0.2) is 52.9 Å². The Hall–Kier alpha value is -3.41. The SMILES string of the molecule is CCOc1cc([C@@H]2/C(=C(\O)c3ccc(S(=O)(=O)N(C)C)cc3)C(=O)C(=O)N2CCCOC)ccc1O. The van der Waals surface area contributed by atoms with Crippen molar-refractivity contribution < 1.29 is 37.7 Å². The molecular weight excluding hydrogens is 488 g/mol. The number of hydrogen-bond acceptors (Lipinski definition) is 8. The van der Waals surface area contributed by atoms with Crippen molar-refractivity contribution in [2.45, 2.75) is 24.3 Å². The molecule has 1 aliphatic heterocycles. The number of ketones is 1. The lowest BCUT2D eigenvalue weighted by Crippen LogP contribution is -2.31. The number of aliphatic hydroxyl groups is 1. The van der Waals surface area contributed by atoms with Crippen molar-refractivity contribution in [3.8, 4) is 11.5 Å². The van der Waals surface area contributed by atoms with Crippen LogP contribution in [0.1, 0.15) is 30.5 Å². The van der Waals surface area contributed by atoms with Crippen LogP contribution in [0.2, 0.25) is 0 Å². The normalized spacial score (nSPS) is 17.7. The minimum absolute atomic E-state index is 0.0144. The number of hydrogen-bond donors (Lipinski definition) is 2. The molecule has 0 spiro atoms. The summed E-state index contributed by atoms with van der Waals surface area (Å²) in [5.74, 6) is -2.01. The molecule has 0 aromatic heterocycles. The first-order valence-electron chi connectivity index (χ1n) is 11.3. The van der Waals surface area contributed by atoms with Crippen LogP contribution < -0.4 is 4.74 Å². The van der Waals surface area contributed by atoms with Crippen LogP contribution in [0.3, 0.4) is 0 Å². The highest BCUT2D eigenvalue weighted by Gasteiger charge is 2.46. The number of aliphatic hydroxyl groups excluding tert-OH is 1. The number of methoxy groups -OCH3 is 1. The Bertz CT molecular complexity index is 1270. The Morgan fingerprint density at radius 2 is 1.78 bits per heavy atom. The average molecular weight is 519 g/mol. The summed E-state index contributed by atoms with van der Waals surface area (Å²) in [4.78, 5) is 27.5. The summed E-state index contributed by atoms with van der Waals surface area (Å²) in [6, 6.07) is 8.93. The molecule has 194 valence electrons. The van der Waals surface area contributed by atoms with Crippen molar-refractivity contribution >= 4 is 27.5 Å². The fraction of sp³-hybridized carbons (Fsp3) is 0.360. The van der Waals surface area contributed by atoms with E-state index in [0.717, 1.165) is 4.31 Å². The van der Waals surface area contributed by atoms with Gasteiger partial charge in [0.05, 0.1) is 23.1 Å². The predicted molar refractivity (Wildman–Crippen MR) is 132 cm³/mol. The van der Waals surface area contributed by atoms with Gasteiger partial charge in [0, 0.05) is 39.9 Å². The quantitative estimate of drug-likeness (QED) is 0.212. The first kappa shape index (κ1) is 27.2. The molecule has 0 saturated carbocycles. The van der Waals surface area contributed by atoms with Gasteiger partial charge in [0.2, 0.25) is 10.0 Å². The van der Waals surface area contributed by atoms with Gasteiger partial charge >= 0.3 is 0 Å². The zero-order chi connectivity index (χ0) is 26.6. The lowest BCUT2D eigenvalue weighted by molar-refractivity contribution is -0.140. The standard InChI is InChI=1S/C25H30N2O8S/c1-5-35-20-15-17(9-12-19(20)28)22-21(24(30)25(31)27(22)13-6-14-34-4)23(29)16-7-10-18(11-8-16)36(32,33)26(2)3/h7-12,15,22,28-29H,5-6,13-14H2,1-4H3/b23-21+/t22-/m1/s1. The second-order valence-electron chi connectivity index (χ2n) is 8.31. The van der Waals surface area contributed by atoms with Crippen molar-refractivity contribution in [3.63, 3.8) is 0 Å². The van der Waals surface area contributed by atoms with Gasteiger partial charge in [-0.15, -0.1) is 0 Å². The van der Waals surface area contributed by atoms with Crippen LogP contribution in [-0.2, 0) is 24.3 Å². The molecule has 36 heavy (non-hydrogen) atoms. The number of carbonyl (C=O) groups is 2. The molecule has 1 atom stereocenters. The Labute approximate surface area is 210 Å². The van der Waals surface area contributed by atoms with Crippen molar-refractivity contribution in [2.24, 2.45) is 0 Å². The third-order valence-electron chi connectivity index (χ3n) is 5.79. The van der Waals surface area contributed by atoms with Crippen LogP contribution in [-0.4, -0.2) is 80.5 Å². The van der Waals surface area contributed by atoms with Gasteiger partial charge in [0.1, 0.15) is 5.76 Å². The summed E-state index contributed by atoms with van der Waals surface area (Å²) in [5.41, 5.74) is 0.492. The van der Waals surface area contributed by atoms with E-state index in [1.54, 1.807) is 13.0 Å². The number of likely N-dealkylation sites (tertiary alicyclic amines) is 1. The highest BCUT2D eigenvalue weighted by atomic mass is 32.2. The van der Waals surface area contributed by atoms with Crippen LogP contribution in [0.25, 0.3) is 5.76 Å². The molecule has 1 fully saturated rings. The van der Waals surface area contributed by atoms with Crippen LogP contribution >= 0.6 is 0 Å². The van der Waals surface area contributed by atoms with Gasteiger partial charge < -0.3 is 24.6 Å². The maximum absolute atomic E-state index is 13.1. The van der Waals surface area contributed by atoms with Gasteiger partial charge in [-0.3, -0.25) is 9.59 Å². The minimum Gasteiger partial charge on any atom is -0.507 e. The summed E-state index contributed by atoms with van der Waals surface area (Å²) < 4.78 is 36.4. The largest absolute Gasteiger partial charge is 0.507 e. The van der Waals surface area contributed by atoms with E-state index in [0.29, 0.717) is 18.6 Å². The zero-order valence-electron chi connectivity index (χ0n) is 20.6. The van der Waals surface area contributed by atoms with Gasteiger partial charge in [0.25, 0.3) is 11.7 Å². The molecule has 1 heterocycles. The fourth-order valence-corrected chi connectivity index (χ4v) is 4.86. The highest BCUT2D eigenvalue weighted by Crippen LogP contribution is 2.42. The van der Waals surface area contributed by atoms with Gasteiger partial charge in [-0.05, 0) is 55.3 Å². The molecule has 1 aliphatic rings. The maximum atomic E-state index is 13.1. The molecule has 10 nitrogen and oxygen atoms in total. The number of Topliss-reactive ketones (excluding diaryl/α,β-unsaturated/α-hetero) is 1. The van der Waals surface area contributed by atoms with Crippen molar-refractivity contribution in [2.75, 3.05) is 41.0 Å². The Morgan fingerprint density at radius 1 is 1.11 bits per heavy atom. The third-order valence-corrected chi connectivity index (χ3v) is 7.62. The van der Waals surface area contributed by atoms with E-state index in [1.165, 1.54) is 62.5 Å². The molecule has 2 N–H and O–H groups in total. The molecule has 0 bridgehead atoms. The smallest absolute Gasteiger partial charge is 0.295 e. The highest BCUT2D eigenvalue weighted by molar-refractivity contribution is 7.89. The van der Waals surface area contributed by atoms with E-state index in [2.05, 4.69) is 0 Å². The number of phenolic OH excluding ortho intramolecular Hbond substituents is 1. The first-order chi connectivity index (χ1) is 17.0. The number of sulfonamides is 1. The van der Waals surface area contributed by atoms with E-state index in [9.17, 15) is 28.2 Å². The van der Waals surface area contributed by atoms with E-state index in [1.807, 2.05) is 0 Å². The number of aromatic hydroxyl groups is 1. The number of benzene rings is 2. The average Bonchev–Trinajstić information content (AvgIpc) is 3.10. The van der Waals surface area contributed by atoms with Crippen LogP contribution in [0, 0.1) is 0 Å². The minimum atomic E-state index is -3.69. The van der Waals surface area contributed by atoms with E-state index < -0.39 is 33.5 Å². The number of rotatable bonds is 10. The number of nitrogens with zero attached hydrogens (tertiary/aromatic N) is 2. The summed E-state index contributed by atoms with van der Waals surface area (Å²) >= 11 is 0. The molecule has 1 amide bonds. The molecule has 11 heteroatoms. The predicted octanol–water partition coefficient (Wildman–Crippen LogP) is 2.50. The second kappa shape index (κ2) is 11.1. The molecule has 2 aromatic carbocycles. The maximum Gasteiger partial charge on any atom is 0.295 e. The first-order valence-corrected chi connectivity index (χ1v) is 12.7. The van der Waals surface area contributed by atoms with Gasteiger partial charge in [-0.25, -0.2) is 12.7 Å². The van der Waals surface area contributed by atoms with Crippen LogP contribution in [0.5, 0.6) is 11.5 Å². The molecular formula is C25H30N2O8S. The summed E-state index contributed by atoms with van der Waals surface area (Å²) in [6.45, 7) is 2.58. The lowest BCUT2D eigenvalue weighted by Gasteiger charge is -2.25. The fourth-order valence-electron chi connectivity index (χ4n) is 3.96. The third kappa shape index (κ3) is 5.23. The molecule has 2 aromatic rings. The van der Waals surface area contributed by atoms with Gasteiger partial charge in [0.15, 0.2) is 11.5 Å². The lowest BCUT2D eigenvalue weighted by atomic mass is 9.95. The monoisotopic (exact) mass is 518 g/mol. The number of phenols is 1. The molecule has 0 unspecified atom stereocenters. The van der Waals surface area contributed by atoms with Crippen molar-refractivity contribution in [1.29, 1.82) is 0 Å². The van der Waals surface area contributed by atoms with E-state index in [-0.39, 0.29) is 40.7 Å². The molecule has 3 rings (SSSR count). The number of amides is 1. The molecule has 0 radical (unpaired) electrons. The van der Waals surface area contributed by atoms with E-state index in [4.69, 9.17) is 9.47 Å². The number of ether oxygens (including phenoxy) is 2. The zero-order valence-corrected chi connectivity index (χ0v) is 21.4. The Kier molecular flexibility index (Phi) is 8.39. The Balaban J connectivity index is 2.14. The molecule has 0 aliphatic carbocycles. The Morgan fingerprint density at radius 3 is 2.36 bits per heavy atom. The summed E-state index contributed by atoms with van der Waals surface area (Å²) in [5, 5.41) is 21.3. The number of carbonyl (C=O) groups excluding carboxylic acids is 2. The van der Waals surface area contributed by atoms with Crippen LogP contribution in [0.4, 0.5) is 0 Å². The van der Waals surface area contributed by atoms with E-state index >= 15 is 0 Å². The summed E-state index contributed by atoms with van der Waals surface area (Å²) in [6.07, 6.45) is 0.452. The topological polar surface area (TPSA) is 134 Å². The van der Waals surface area contributed by atoms with Gasteiger partial charge in [-0.1, -0.05) is 6.07 Å². The second-order valence-corrected chi connectivity index (χ2v) is 10.5. The summed E-state index contributed by atoms with van der Waals surface area (Å²) in [7, 11) is 0.648. The molecule has 1 saturated heterocycles. The van der Waals surface area contributed by atoms with Gasteiger partial charge in [-0.2, -0.15) is 0 Å². The van der Waals surface area contributed by atoms with Crippen molar-refractivity contribution in [1.82, 2.24) is 9.21 Å².